The number of rotatable bonds is 5. The third-order valence-corrected chi connectivity index (χ3v) is 3.97. The first-order valence-electron chi connectivity index (χ1n) is 6.83. The molecule has 3 heterocycles. The van der Waals surface area contributed by atoms with E-state index in [1.807, 2.05) is 35.7 Å². The Labute approximate surface area is 132 Å². The number of urea groups is 1. The van der Waals surface area contributed by atoms with Gasteiger partial charge in [-0.3, -0.25) is 4.98 Å². The van der Waals surface area contributed by atoms with Gasteiger partial charge >= 0.3 is 6.03 Å². The van der Waals surface area contributed by atoms with E-state index in [0.29, 0.717) is 13.1 Å². The van der Waals surface area contributed by atoms with Crippen molar-refractivity contribution in [3.05, 3.63) is 64.9 Å². The molecule has 0 radical (unpaired) electrons. The van der Waals surface area contributed by atoms with Gasteiger partial charge in [-0.05, 0) is 29.1 Å². The maximum absolute atomic E-state index is 11.7. The number of nitrogens with one attached hydrogen (secondary N) is 2. The minimum absolute atomic E-state index is 0.188. The van der Waals surface area contributed by atoms with Crippen LogP contribution >= 0.6 is 11.3 Å². The average molecular weight is 313 g/mol. The Morgan fingerprint density at radius 2 is 2.09 bits per heavy atom. The number of hydrogen-bond donors (Lipinski definition) is 2. The molecule has 112 valence electrons. The molecule has 0 aromatic carbocycles. The lowest BCUT2D eigenvalue weighted by Crippen LogP contribution is -2.34. The van der Waals surface area contributed by atoms with Gasteiger partial charge in [0.1, 0.15) is 0 Å². The van der Waals surface area contributed by atoms with E-state index in [-0.39, 0.29) is 6.03 Å². The fraction of sp³-hybridized carbons (Fsp3) is 0.125. The van der Waals surface area contributed by atoms with Gasteiger partial charge in [-0.15, -0.1) is 11.3 Å². The monoisotopic (exact) mass is 313 g/mol. The number of carbonyl (C=O) groups excluding carboxylic acids is 1. The number of aromatic nitrogens is 1. The second-order valence-electron chi connectivity index (χ2n) is 4.68. The number of hydrogen-bond acceptors (Lipinski definition) is 4. The van der Waals surface area contributed by atoms with Crippen LogP contribution in [0.1, 0.15) is 10.4 Å². The molecule has 0 aliphatic rings. The Bertz CT molecular complexity index is 706. The predicted octanol–water partition coefficient (Wildman–Crippen LogP) is 3.40. The van der Waals surface area contributed by atoms with Crippen LogP contribution in [0.3, 0.4) is 0 Å². The summed E-state index contributed by atoms with van der Waals surface area (Å²) in [4.78, 5) is 17.2. The van der Waals surface area contributed by atoms with E-state index in [9.17, 15) is 4.79 Å². The molecule has 3 aromatic heterocycles. The molecule has 0 atom stereocenters. The number of carbonyl (C=O) groups is 1. The molecule has 2 N–H and O–H groups in total. The van der Waals surface area contributed by atoms with Gasteiger partial charge in [0.2, 0.25) is 0 Å². The van der Waals surface area contributed by atoms with Gasteiger partial charge in [-0.1, -0.05) is 12.1 Å². The molecule has 0 aliphatic heterocycles. The highest BCUT2D eigenvalue weighted by Crippen LogP contribution is 2.16. The highest BCUT2D eigenvalue weighted by Gasteiger charge is 2.03. The van der Waals surface area contributed by atoms with E-state index < -0.39 is 0 Å². The van der Waals surface area contributed by atoms with E-state index in [1.54, 1.807) is 30.1 Å². The van der Waals surface area contributed by atoms with E-state index in [0.717, 1.165) is 21.7 Å². The van der Waals surface area contributed by atoms with Crippen LogP contribution in [0.2, 0.25) is 0 Å². The lowest BCUT2D eigenvalue weighted by Gasteiger charge is -2.07. The summed E-state index contributed by atoms with van der Waals surface area (Å²) in [6.07, 6.45) is 5.02. The van der Waals surface area contributed by atoms with Gasteiger partial charge in [-0.25, -0.2) is 4.79 Å². The van der Waals surface area contributed by atoms with E-state index in [2.05, 4.69) is 15.6 Å². The van der Waals surface area contributed by atoms with Crippen molar-refractivity contribution in [2.45, 2.75) is 13.1 Å². The fourth-order valence-corrected chi connectivity index (χ4v) is 2.58. The van der Waals surface area contributed by atoms with Crippen molar-refractivity contribution in [2.24, 2.45) is 0 Å². The van der Waals surface area contributed by atoms with E-state index in [4.69, 9.17) is 4.42 Å². The molecular formula is C16H15N3O2S. The molecule has 0 spiro atoms. The molecule has 6 heteroatoms. The van der Waals surface area contributed by atoms with Crippen LogP contribution in [-0.4, -0.2) is 11.0 Å². The number of thiophene rings is 1. The second-order valence-corrected chi connectivity index (χ2v) is 5.71. The van der Waals surface area contributed by atoms with Crippen molar-refractivity contribution < 1.29 is 9.21 Å². The fourth-order valence-electron chi connectivity index (χ4n) is 1.94. The molecule has 0 bridgehead atoms. The first-order chi connectivity index (χ1) is 10.8. The number of nitrogens with zero attached hydrogens (tertiary/aromatic N) is 1. The zero-order valence-electron chi connectivity index (χ0n) is 11.8. The zero-order chi connectivity index (χ0) is 15.2. The molecule has 3 aromatic rings. The minimum Gasteiger partial charge on any atom is -0.472 e. The zero-order valence-corrected chi connectivity index (χ0v) is 12.6. The summed E-state index contributed by atoms with van der Waals surface area (Å²) in [5.41, 5.74) is 2.73. The third-order valence-electron chi connectivity index (χ3n) is 3.10. The molecule has 0 saturated heterocycles. The van der Waals surface area contributed by atoms with Crippen LogP contribution in [0.4, 0.5) is 4.79 Å². The summed E-state index contributed by atoms with van der Waals surface area (Å²) >= 11 is 1.62. The Kier molecular flexibility index (Phi) is 4.50. The van der Waals surface area contributed by atoms with Gasteiger partial charge in [0.25, 0.3) is 0 Å². The summed E-state index contributed by atoms with van der Waals surface area (Å²) in [6.45, 7) is 0.982. The maximum atomic E-state index is 11.7. The highest BCUT2D eigenvalue weighted by atomic mass is 32.1. The molecule has 0 saturated carbocycles. The first-order valence-corrected chi connectivity index (χ1v) is 7.71. The van der Waals surface area contributed by atoms with Crippen molar-refractivity contribution in [1.29, 1.82) is 0 Å². The Morgan fingerprint density at radius 1 is 1.18 bits per heavy atom. The normalized spacial score (nSPS) is 10.4. The van der Waals surface area contributed by atoms with Crippen LogP contribution in [0.25, 0.3) is 11.3 Å². The van der Waals surface area contributed by atoms with E-state index in [1.165, 1.54) is 0 Å². The van der Waals surface area contributed by atoms with Gasteiger partial charge in [0, 0.05) is 23.2 Å². The van der Waals surface area contributed by atoms with Gasteiger partial charge in [0.15, 0.2) is 0 Å². The lowest BCUT2D eigenvalue weighted by molar-refractivity contribution is 0.240. The van der Waals surface area contributed by atoms with Gasteiger partial charge in [0.05, 0.1) is 24.8 Å². The van der Waals surface area contributed by atoms with Crippen molar-refractivity contribution in [3.63, 3.8) is 0 Å². The van der Waals surface area contributed by atoms with Crippen LogP contribution in [0.15, 0.2) is 58.9 Å². The Morgan fingerprint density at radius 3 is 2.77 bits per heavy atom. The smallest absolute Gasteiger partial charge is 0.315 e. The third kappa shape index (κ3) is 3.73. The molecule has 22 heavy (non-hydrogen) atoms. The first kappa shape index (κ1) is 14.3. The average Bonchev–Trinajstić information content (AvgIpc) is 3.24. The largest absolute Gasteiger partial charge is 0.472 e. The highest BCUT2D eigenvalue weighted by molar-refractivity contribution is 7.09. The molecule has 2 amide bonds. The summed E-state index contributed by atoms with van der Waals surface area (Å²) < 4.78 is 5.03. The maximum Gasteiger partial charge on any atom is 0.315 e. The van der Waals surface area contributed by atoms with E-state index >= 15 is 0 Å². The lowest BCUT2D eigenvalue weighted by atomic mass is 10.2. The molecular weight excluding hydrogens is 298 g/mol. The van der Waals surface area contributed by atoms with Gasteiger partial charge in [-0.2, -0.15) is 0 Å². The second kappa shape index (κ2) is 6.91. The topological polar surface area (TPSA) is 67.2 Å². The quantitative estimate of drug-likeness (QED) is 0.758. The van der Waals surface area contributed by atoms with Crippen molar-refractivity contribution in [3.8, 4) is 11.3 Å². The van der Waals surface area contributed by atoms with Crippen molar-refractivity contribution in [1.82, 2.24) is 15.6 Å². The number of furan rings is 1. The van der Waals surface area contributed by atoms with Crippen molar-refractivity contribution in [2.75, 3.05) is 0 Å². The van der Waals surface area contributed by atoms with Gasteiger partial charge < -0.3 is 15.1 Å². The summed E-state index contributed by atoms with van der Waals surface area (Å²) in [7, 11) is 0. The molecule has 5 nitrogen and oxygen atoms in total. The predicted molar refractivity (Wildman–Crippen MR) is 85.3 cm³/mol. The summed E-state index contributed by atoms with van der Waals surface area (Å²) in [5.74, 6) is 0. The van der Waals surface area contributed by atoms with Crippen LogP contribution in [0, 0.1) is 0 Å². The van der Waals surface area contributed by atoms with Crippen LogP contribution < -0.4 is 10.6 Å². The summed E-state index contributed by atoms with van der Waals surface area (Å²) in [6, 6.07) is 9.47. The minimum atomic E-state index is -0.188. The van der Waals surface area contributed by atoms with Crippen LogP contribution in [0.5, 0.6) is 0 Å². The Hall–Kier alpha value is -2.60. The van der Waals surface area contributed by atoms with Crippen molar-refractivity contribution >= 4 is 17.4 Å². The summed E-state index contributed by atoms with van der Waals surface area (Å²) in [5, 5.41) is 7.62. The molecule has 0 unspecified atom stereocenters. The standard InChI is InChI=1S/C16H15N3O2S/c20-16(19-10-14-2-1-7-22-14)18-9-12-3-4-15(17-8-12)13-5-6-21-11-13/h1-8,11H,9-10H2,(H2,18,19,20). The molecule has 0 aliphatic carbocycles. The Balaban J connectivity index is 1.48. The van der Waals surface area contributed by atoms with Crippen LogP contribution in [-0.2, 0) is 13.1 Å². The molecule has 3 rings (SSSR count). The SMILES string of the molecule is O=C(NCc1ccc(-c2ccoc2)nc1)NCc1cccs1. The molecule has 0 fully saturated rings. The number of pyridine rings is 1. The number of amides is 2.